The van der Waals surface area contributed by atoms with Gasteiger partial charge in [-0.1, -0.05) is 30.3 Å². The lowest BCUT2D eigenvalue weighted by atomic mass is 10.0. The monoisotopic (exact) mass is 443 g/mol. The van der Waals surface area contributed by atoms with Crippen molar-refractivity contribution in [3.63, 3.8) is 0 Å². The van der Waals surface area contributed by atoms with Crippen molar-refractivity contribution >= 4 is 23.4 Å². The lowest BCUT2D eigenvalue weighted by molar-refractivity contribution is -0.121. The number of anilines is 1. The van der Waals surface area contributed by atoms with Crippen LogP contribution in [0.3, 0.4) is 0 Å². The van der Waals surface area contributed by atoms with E-state index in [1.54, 1.807) is 40.5 Å². The molecule has 0 aliphatic carbocycles. The minimum absolute atomic E-state index is 0.0368. The third-order valence-corrected chi connectivity index (χ3v) is 6.16. The smallest absolute Gasteiger partial charge is 0.260 e. The molecule has 0 fully saturated rings. The standard InChI is InChI=1S/C25H25N5O3/c31-22(27-12-6-14-28-16-13-26-17-28)11-5-15-29-23-18-7-1-2-8-19(18)25(33)30(23)21-10-4-3-9-20(21)24(29)32/h1-4,7-10,13,16-17,23H,5-6,11-12,14-15H2,(H,27,31). The molecule has 5 rings (SSSR count). The number of hydrogen-bond acceptors (Lipinski definition) is 4. The van der Waals surface area contributed by atoms with Gasteiger partial charge in [-0.15, -0.1) is 0 Å². The van der Waals surface area contributed by atoms with Gasteiger partial charge in [-0.25, -0.2) is 4.98 Å². The van der Waals surface area contributed by atoms with Gasteiger partial charge in [-0.3, -0.25) is 19.3 Å². The number of carbonyl (C=O) groups is 3. The largest absolute Gasteiger partial charge is 0.356 e. The van der Waals surface area contributed by atoms with Gasteiger partial charge in [-0.05, 0) is 31.0 Å². The van der Waals surface area contributed by atoms with Crippen LogP contribution in [0.5, 0.6) is 0 Å². The van der Waals surface area contributed by atoms with Crippen LogP contribution < -0.4 is 10.2 Å². The zero-order valence-electron chi connectivity index (χ0n) is 18.2. The number of para-hydroxylation sites is 1. The molecule has 8 nitrogen and oxygen atoms in total. The fourth-order valence-electron chi connectivity index (χ4n) is 4.61. The second-order valence-corrected chi connectivity index (χ2v) is 8.26. The summed E-state index contributed by atoms with van der Waals surface area (Å²) in [6.07, 6.45) is 6.56. The average Bonchev–Trinajstić information content (AvgIpc) is 3.46. The van der Waals surface area contributed by atoms with Crippen molar-refractivity contribution < 1.29 is 14.4 Å². The number of aromatic nitrogens is 2. The Labute approximate surface area is 191 Å². The van der Waals surface area contributed by atoms with Gasteiger partial charge in [0, 0.05) is 49.6 Å². The van der Waals surface area contributed by atoms with Gasteiger partial charge in [-0.2, -0.15) is 0 Å². The number of carbonyl (C=O) groups excluding carboxylic acids is 3. The van der Waals surface area contributed by atoms with Gasteiger partial charge in [0.1, 0.15) is 6.17 Å². The lowest BCUT2D eigenvalue weighted by Gasteiger charge is -2.41. The molecule has 2 aliphatic heterocycles. The number of nitrogens with one attached hydrogen (secondary N) is 1. The van der Waals surface area contributed by atoms with E-state index >= 15 is 0 Å². The lowest BCUT2D eigenvalue weighted by Crippen LogP contribution is -2.48. The highest BCUT2D eigenvalue weighted by molar-refractivity contribution is 6.16. The van der Waals surface area contributed by atoms with Gasteiger partial charge in [0.15, 0.2) is 0 Å². The van der Waals surface area contributed by atoms with Crippen LogP contribution in [0.25, 0.3) is 0 Å². The third kappa shape index (κ3) is 3.88. The first kappa shape index (κ1) is 20.9. The maximum absolute atomic E-state index is 13.4. The predicted octanol–water partition coefficient (Wildman–Crippen LogP) is 2.98. The second-order valence-electron chi connectivity index (χ2n) is 8.26. The molecule has 1 atom stereocenters. The quantitative estimate of drug-likeness (QED) is 0.542. The summed E-state index contributed by atoms with van der Waals surface area (Å²) in [5.74, 6) is -0.251. The van der Waals surface area contributed by atoms with E-state index in [1.165, 1.54) is 0 Å². The molecule has 2 aliphatic rings. The van der Waals surface area contributed by atoms with Crippen molar-refractivity contribution in [3.05, 3.63) is 83.9 Å². The highest BCUT2D eigenvalue weighted by atomic mass is 16.2. The minimum atomic E-state index is -0.477. The summed E-state index contributed by atoms with van der Waals surface area (Å²) in [6, 6.07) is 14.6. The van der Waals surface area contributed by atoms with Gasteiger partial charge in [0.25, 0.3) is 11.8 Å². The maximum atomic E-state index is 13.4. The summed E-state index contributed by atoms with van der Waals surface area (Å²) in [5.41, 5.74) is 2.60. The van der Waals surface area contributed by atoms with Crippen LogP contribution in [0, 0.1) is 0 Å². The Hall–Kier alpha value is -3.94. The Balaban J connectivity index is 1.24. The third-order valence-electron chi connectivity index (χ3n) is 6.16. The molecule has 1 unspecified atom stereocenters. The van der Waals surface area contributed by atoms with Gasteiger partial charge >= 0.3 is 0 Å². The number of imidazole rings is 1. The first-order valence-corrected chi connectivity index (χ1v) is 11.2. The van der Waals surface area contributed by atoms with E-state index < -0.39 is 6.17 Å². The second kappa shape index (κ2) is 8.90. The van der Waals surface area contributed by atoms with E-state index in [0.29, 0.717) is 42.7 Å². The fourth-order valence-corrected chi connectivity index (χ4v) is 4.61. The number of amides is 3. The summed E-state index contributed by atoms with van der Waals surface area (Å²) in [4.78, 5) is 46.3. The molecule has 0 spiro atoms. The first-order valence-electron chi connectivity index (χ1n) is 11.2. The molecule has 1 N–H and O–H groups in total. The number of hydrogen-bond donors (Lipinski definition) is 1. The number of benzene rings is 2. The first-order chi connectivity index (χ1) is 16.1. The zero-order valence-corrected chi connectivity index (χ0v) is 18.2. The number of fused-ring (bicyclic) bond motifs is 5. The molecule has 3 aromatic rings. The SMILES string of the molecule is O=C(CCCN1C(=O)c2ccccc2N2C(=O)c3ccccc3C12)NCCCn1ccnc1. The van der Waals surface area contributed by atoms with E-state index in [-0.39, 0.29) is 17.7 Å². The topological polar surface area (TPSA) is 87.5 Å². The molecular formula is C25H25N5O3. The Kier molecular flexibility index (Phi) is 5.64. The maximum Gasteiger partial charge on any atom is 0.260 e. The summed E-state index contributed by atoms with van der Waals surface area (Å²) in [6.45, 7) is 1.77. The van der Waals surface area contributed by atoms with Gasteiger partial charge in [0.2, 0.25) is 5.91 Å². The normalized spacial score (nSPS) is 16.4. The summed E-state index contributed by atoms with van der Waals surface area (Å²) < 4.78 is 1.97. The van der Waals surface area contributed by atoms with Crippen molar-refractivity contribution in [1.29, 1.82) is 0 Å². The highest BCUT2D eigenvalue weighted by Gasteiger charge is 2.47. The van der Waals surface area contributed by atoms with Crippen LogP contribution in [0.4, 0.5) is 5.69 Å². The van der Waals surface area contributed by atoms with Crippen LogP contribution in [0.15, 0.2) is 67.3 Å². The van der Waals surface area contributed by atoms with E-state index in [1.807, 2.05) is 41.1 Å². The van der Waals surface area contributed by atoms with Crippen LogP contribution >= 0.6 is 0 Å². The molecule has 33 heavy (non-hydrogen) atoms. The number of rotatable bonds is 8. The van der Waals surface area contributed by atoms with Crippen molar-refractivity contribution in [3.8, 4) is 0 Å². The zero-order chi connectivity index (χ0) is 22.8. The van der Waals surface area contributed by atoms with Crippen molar-refractivity contribution in [2.24, 2.45) is 0 Å². The van der Waals surface area contributed by atoms with Crippen LogP contribution in [0.2, 0.25) is 0 Å². The Morgan fingerprint density at radius 3 is 2.55 bits per heavy atom. The molecule has 0 saturated heterocycles. The molecule has 3 heterocycles. The molecular weight excluding hydrogens is 418 g/mol. The van der Waals surface area contributed by atoms with Crippen molar-refractivity contribution in [2.45, 2.75) is 32.0 Å². The van der Waals surface area contributed by atoms with Crippen molar-refractivity contribution in [2.75, 3.05) is 18.0 Å². The highest BCUT2D eigenvalue weighted by Crippen LogP contribution is 2.45. The molecule has 0 radical (unpaired) electrons. The van der Waals surface area contributed by atoms with E-state index in [9.17, 15) is 14.4 Å². The van der Waals surface area contributed by atoms with Crippen LogP contribution in [-0.2, 0) is 11.3 Å². The predicted molar refractivity (Wildman–Crippen MR) is 123 cm³/mol. The minimum Gasteiger partial charge on any atom is -0.356 e. The summed E-state index contributed by atoms with van der Waals surface area (Å²) >= 11 is 0. The molecule has 0 saturated carbocycles. The number of aryl methyl sites for hydroxylation is 1. The molecule has 0 bridgehead atoms. The summed E-state index contributed by atoms with van der Waals surface area (Å²) in [5, 5.41) is 2.94. The van der Waals surface area contributed by atoms with Crippen LogP contribution in [-0.4, -0.2) is 45.3 Å². The Morgan fingerprint density at radius 1 is 0.939 bits per heavy atom. The Morgan fingerprint density at radius 2 is 1.73 bits per heavy atom. The Bertz CT molecular complexity index is 1190. The van der Waals surface area contributed by atoms with Gasteiger partial charge < -0.3 is 14.8 Å². The molecule has 168 valence electrons. The molecule has 2 aromatic carbocycles. The van der Waals surface area contributed by atoms with E-state index in [4.69, 9.17) is 0 Å². The molecule has 3 amide bonds. The van der Waals surface area contributed by atoms with E-state index in [0.717, 1.165) is 18.5 Å². The van der Waals surface area contributed by atoms with E-state index in [2.05, 4.69) is 10.3 Å². The number of nitrogens with zero attached hydrogens (tertiary/aromatic N) is 4. The molecule has 8 heteroatoms. The van der Waals surface area contributed by atoms with Gasteiger partial charge in [0.05, 0.1) is 17.6 Å². The molecule has 1 aromatic heterocycles. The fraction of sp³-hybridized carbons (Fsp3) is 0.280. The average molecular weight is 444 g/mol. The van der Waals surface area contributed by atoms with Crippen LogP contribution in [0.1, 0.15) is 51.7 Å². The van der Waals surface area contributed by atoms with Crippen molar-refractivity contribution in [1.82, 2.24) is 19.8 Å². The summed E-state index contributed by atoms with van der Waals surface area (Å²) in [7, 11) is 0.